The summed E-state index contributed by atoms with van der Waals surface area (Å²) in [6.45, 7) is 15.6. The molecule has 4 nitrogen and oxygen atoms in total. The number of nitrogens with zero attached hydrogens (tertiary/aromatic N) is 3. The minimum absolute atomic E-state index is 0.0995. The first-order valence-electron chi connectivity index (χ1n) is 8.78. The van der Waals surface area contributed by atoms with Gasteiger partial charge in [0.25, 0.3) is 0 Å². The molecule has 0 aliphatic heterocycles. The first-order valence-corrected chi connectivity index (χ1v) is 9.97. The van der Waals surface area contributed by atoms with Crippen LogP contribution < -0.4 is 4.90 Å². The first-order chi connectivity index (χ1) is 11.7. The van der Waals surface area contributed by atoms with E-state index in [1.165, 1.54) is 11.3 Å². The summed E-state index contributed by atoms with van der Waals surface area (Å²) in [5.74, 6) is 0.0995. The third kappa shape index (κ3) is 4.72. The Balaban J connectivity index is 2.40. The smallest absolute Gasteiger partial charge is 0.234 e. The molecule has 0 unspecified atom stereocenters. The summed E-state index contributed by atoms with van der Waals surface area (Å²) in [6.07, 6.45) is 0. The van der Waals surface area contributed by atoms with Gasteiger partial charge in [-0.25, -0.2) is 4.98 Å². The van der Waals surface area contributed by atoms with Crippen LogP contribution in [-0.4, -0.2) is 42.0 Å². The van der Waals surface area contributed by atoms with Gasteiger partial charge in [-0.05, 0) is 37.7 Å². The van der Waals surface area contributed by atoms with E-state index in [-0.39, 0.29) is 5.91 Å². The Bertz CT molecular complexity index is 747. The van der Waals surface area contributed by atoms with Crippen molar-refractivity contribution in [2.45, 2.75) is 41.5 Å². The maximum absolute atomic E-state index is 13.0. The molecule has 1 amide bonds. The Kier molecular flexibility index (Phi) is 6.46. The number of rotatable bonds is 6. The zero-order valence-corrected chi connectivity index (χ0v) is 17.6. The first kappa shape index (κ1) is 20.1. The third-order valence-corrected chi connectivity index (χ3v) is 5.53. The molecule has 2 rings (SSSR count). The van der Waals surface area contributed by atoms with E-state index in [1.807, 2.05) is 44.7 Å². The normalized spacial score (nSPS) is 12.2. The Morgan fingerprint density at radius 1 is 1.20 bits per heavy atom. The molecule has 0 radical (unpaired) electrons. The molecule has 25 heavy (non-hydrogen) atoms. The summed E-state index contributed by atoms with van der Waals surface area (Å²) in [4.78, 5) is 22.0. The summed E-state index contributed by atoms with van der Waals surface area (Å²) < 4.78 is 1.02. The molecule has 0 spiro atoms. The van der Waals surface area contributed by atoms with Gasteiger partial charge in [0, 0.05) is 23.5 Å². The molecular weight excluding hydrogens is 354 g/mol. The molecular formula is C19H28ClN3OS. The average molecular weight is 382 g/mol. The summed E-state index contributed by atoms with van der Waals surface area (Å²) in [7, 11) is 0. The predicted molar refractivity (Wildman–Crippen MR) is 109 cm³/mol. The minimum Gasteiger partial charge on any atom is -0.302 e. The molecule has 0 aliphatic rings. The molecule has 0 N–H and O–H groups in total. The largest absolute Gasteiger partial charge is 0.302 e. The van der Waals surface area contributed by atoms with Crippen LogP contribution in [0.4, 0.5) is 5.13 Å². The number of hydrogen-bond donors (Lipinski definition) is 0. The van der Waals surface area contributed by atoms with Gasteiger partial charge >= 0.3 is 0 Å². The Morgan fingerprint density at radius 3 is 2.40 bits per heavy atom. The van der Waals surface area contributed by atoms with Crippen molar-refractivity contribution in [2.75, 3.05) is 31.1 Å². The fraction of sp³-hybridized carbons (Fsp3) is 0.579. The molecule has 0 bridgehead atoms. The number of carbonyl (C=O) groups is 1. The molecule has 0 aliphatic carbocycles. The molecule has 0 fully saturated rings. The van der Waals surface area contributed by atoms with Crippen molar-refractivity contribution in [2.24, 2.45) is 5.41 Å². The highest BCUT2D eigenvalue weighted by molar-refractivity contribution is 7.22. The molecule has 0 saturated heterocycles. The second kappa shape index (κ2) is 8.02. The fourth-order valence-electron chi connectivity index (χ4n) is 2.73. The van der Waals surface area contributed by atoms with E-state index in [2.05, 4.69) is 18.7 Å². The molecule has 1 heterocycles. The zero-order chi connectivity index (χ0) is 18.8. The van der Waals surface area contributed by atoms with Gasteiger partial charge in [-0.15, -0.1) is 0 Å². The van der Waals surface area contributed by atoms with Crippen LogP contribution in [0.5, 0.6) is 0 Å². The number of aromatic nitrogens is 1. The number of carbonyl (C=O) groups excluding carboxylic acids is 1. The van der Waals surface area contributed by atoms with Crippen LogP contribution in [0.3, 0.4) is 0 Å². The zero-order valence-electron chi connectivity index (χ0n) is 16.0. The number of amides is 1. The van der Waals surface area contributed by atoms with Gasteiger partial charge in [0.15, 0.2) is 5.13 Å². The van der Waals surface area contributed by atoms with Crippen LogP contribution in [-0.2, 0) is 4.79 Å². The Morgan fingerprint density at radius 2 is 1.84 bits per heavy atom. The van der Waals surface area contributed by atoms with Crippen molar-refractivity contribution >= 4 is 44.2 Å². The van der Waals surface area contributed by atoms with Crippen molar-refractivity contribution in [3.05, 3.63) is 22.7 Å². The van der Waals surface area contributed by atoms with Crippen LogP contribution >= 0.6 is 22.9 Å². The van der Waals surface area contributed by atoms with Crippen LogP contribution in [0.15, 0.2) is 12.1 Å². The van der Waals surface area contributed by atoms with E-state index in [4.69, 9.17) is 16.6 Å². The van der Waals surface area contributed by atoms with E-state index in [9.17, 15) is 4.79 Å². The highest BCUT2D eigenvalue weighted by atomic mass is 35.5. The van der Waals surface area contributed by atoms with Crippen molar-refractivity contribution in [3.8, 4) is 0 Å². The van der Waals surface area contributed by atoms with Crippen molar-refractivity contribution in [3.63, 3.8) is 0 Å². The van der Waals surface area contributed by atoms with Crippen LogP contribution in [0.1, 0.15) is 40.2 Å². The molecule has 2 aromatic rings. The number of halogens is 1. The van der Waals surface area contributed by atoms with Gasteiger partial charge < -0.3 is 4.90 Å². The van der Waals surface area contributed by atoms with Gasteiger partial charge in [0.1, 0.15) is 0 Å². The van der Waals surface area contributed by atoms with Crippen molar-refractivity contribution in [1.29, 1.82) is 0 Å². The monoisotopic (exact) mass is 381 g/mol. The van der Waals surface area contributed by atoms with E-state index in [0.29, 0.717) is 11.6 Å². The topological polar surface area (TPSA) is 36.4 Å². The maximum atomic E-state index is 13.0. The van der Waals surface area contributed by atoms with Gasteiger partial charge in [0.2, 0.25) is 5.91 Å². The second-order valence-corrected chi connectivity index (χ2v) is 8.75. The SMILES string of the molecule is CCN(CC)CCN(C(=O)C(C)(C)C)c1nc2c(C)cc(Cl)cc2s1. The van der Waals surface area contributed by atoms with E-state index < -0.39 is 5.41 Å². The Hall–Kier alpha value is -1.17. The third-order valence-electron chi connectivity index (χ3n) is 4.29. The van der Waals surface area contributed by atoms with Gasteiger partial charge in [-0.2, -0.15) is 0 Å². The Labute approximate surface area is 159 Å². The van der Waals surface area contributed by atoms with Crippen LogP contribution in [0.25, 0.3) is 10.2 Å². The lowest BCUT2D eigenvalue weighted by molar-refractivity contribution is -0.125. The highest BCUT2D eigenvalue weighted by Gasteiger charge is 2.30. The lowest BCUT2D eigenvalue weighted by Gasteiger charge is -2.29. The number of aryl methyl sites for hydroxylation is 1. The number of likely N-dealkylation sites (N-methyl/N-ethyl adjacent to an activating group) is 1. The lowest BCUT2D eigenvalue weighted by atomic mass is 9.95. The highest BCUT2D eigenvalue weighted by Crippen LogP contribution is 2.34. The summed E-state index contributed by atoms with van der Waals surface area (Å²) in [6, 6.07) is 3.84. The number of fused-ring (bicyclic) bond motifs is 1. The molecule has 1 aromatic heterocycles. The number of benzene rings is 1. The standard InChI is InChI=1S/C19H28ClN3OS/c1-7-22(8-2)9-10-23(17(24)19(4,5)6)18-21-16-13(3)11-14(20)12-15(16)25-18/h11-12H,7-10H2,1-6H3. The van der Waals surface area contributed by atoms with E-state index >= 15 is 0 Å². The van der Waals surface area contributed by atoms with E-state index in [1.54, 1.807) is 0 Å². The van der Waals surface area contributed by atoms with Gasteiger partial charge in [-0.1, -0.05) is 57.6 Å². The second-order valence-electron chi connectivity index (χ2n) is 7.30. The summed E-state index contributed by atoms with van der Waals surface area (Å²) >= 11 is 7.72. The van der Waals surface area contributed by atoms with Gasteiger partial charge in [-0.3, -0.25) is 9.69 Å². The summed E-state index contributed by atoms with van der Waals surface area (Å²) in [5.41, 5.74) is 1.52. The quantitative estimate of drug-likeness (QED) is 0.708. The summed E-state index contributed by atoms with van der Waals surface area (Å²) in [5, 5.41) is 1.46. The maximum Gasteiger partial charge on any atom is 0.234 e. The fourth-order valence-corrected chi connectivity index (χ4v) is 4.17. The average Bonchev–Trinajstić information content (AvgIpc) is 2.94. The molecule has 0 atom stereocenters. The van der Waals surface area contributed by atoms with E-state index in [0.717, 1.165) is 40.5 Å². The number of thiazole rings is 1. The molecule has 6 heteroatoms. The lowest BCUT2D eigenvalue weighted by Crippen LogP contribution is -2.44. The molecule has 1 aromatic carbocycles. The minimum atomic E-state index is -0.451. The molecule has 138 valence electrons. The van der Waals surface area contributed by atoms with Crippen LogP contribution in [0, 0.1) is 12.3 Å². The van der Waals surface area contributed by atoms with Crippen molar-refractivity contribution < 1.29 is 4.79 Å². The van der Waals surface area contributed by atoms with Crippen molar-refractivity contribution in [1.82, 2.24) is 9.88 Å². The predicted octanol–water partition coefficient (Wildman–Crippen LogP) is 4.98. The van der Waals surface area contributed by atoms with Crippen LogP contribution in [0.2, 0.25) is 5.02 Å². The van der Waals surface area contributed by atoms with Gasteiger partial charge in [0.05, 0.1) is 10.2 Å². The number of anilines is 1. The molecule has 0 saturated carbocycles. The number of hydrogen-bond acceptors (Lipinski definition) is 4.